The molecule has 0 aliphatic heterocycles. The van der Waals surface area contributed by atoms with Crippen molar-refractivity contribution in [2.75, 3.05) is 0 Å². The van der Waals surface area contributed by atoms with Gasteiger partial charge in [0.1, 0.15) is 0 Å². The molecule has 13 heavy (non-hydrogen) atoms. The van der Waals surface area contributed by atoms with Crippen LogP contribution in [0, 0.1) is 0 Å². The maximum absolute atomic E-state index is 10.8. The first-order chi connectivity index (χ1) is 6.20. The Kier molecular flexibility index (Phi) is 3.42. The third kappa shape index (κ3) is 2.06. The number of nitrogens with zero attached hydrogens (tertiary/aromatic N) is 1. The second-order valence-corrected chi connectivity index (χ2v) is 3.15. The second-order valence-electron chi connectivity index (χ2n) is 2.59. The monoisotopic (exact) mass is 243 g/mol. The highest BCUT2D eigenvalue weighted by Crippen LogP contribution is 2.16. The summed E-state index contributed by atoms with van der Waals surface area (Å²) in [5.41, 5.74) is 1.97. The topological polar surface area (TPSA) is 50.2 Å². The van der Waals surface area contributed by atoms with Gasteiger partial charge in [0.2, 0.25) is 0 Å². The van der Waals surface area contributed by atoms with Crippen LogP contribution in [0.2, 0.25) is 0 Å². The van der Waals surface area contributed by atoms with Gasteiger partial charge in [0.25, 0.3) is 0 Å². The first kappa shape index (κ1) is 10.2. The van der Waals surface area contributed by atoms with Crippen LogP contribution in [0.4, 0.5) is 0 Å². The van der Waals surface area contributed by atoms with Crippen molar-refractivity contribution in [3.05, 3.63) is 29.1 Å². The number of halogens is 1. The molecule has 0 bridgehead atoms. The van der Waals surface area contributed by atoms with Crippen molar-refractivity contribution in [3.8, 4) is 0 Å². The van der Waals surface area contributed by atoms with Crippen LogP contribution in [0.3, 0.4) is 0 Å². The first-order valence-electron chi connectivity index (χ1n) is 3.96. The molecule has 0 fully saturated rings. The molecule has 0 saturated carbocycles. The second kappa shape index (κ2) is 4.37. The molecule has 0 spiro atoms. The fourth-order valence-corrected chi connectivity index (χ4v) is 1.76. The Morgan fingerprint density at radius 1 is 1.69 bits per heavy atom. The molecule has 0 saturated heterocycles. The third-order valence-electron chi connectivity index (χ3n) is 1.85. The lowest BCUT2D eigenvalue weighted by molar-refractivity contribution is 0.0689. The van der Waals surface area contributed by atoms with Crippen LogP contribution in [0.15, 0.2) is 12.3 Å². The molecule has 0 atom stereocenters. The largest absolute Gasteiger partial charge is 0.477 e. The number of aromatic nitrogens is 1. The standard InChI is InChI=1S/C9H10BrNO2/c1-2-7-6(5-10)3-4-11-8(7)9(12)13/h3-4H,2,5H2,1H3,(H,12,13). The molecule has 1 heterocycles. The summed E-state index contributed by atoms with van der Waals surface area (Å²) < 4.78 is 0. The van der Waals surface area contributed by atoms with E-state index in [0.29, 0.717) is 11.8 Å². The number of hydrogen-bond donors (Lipinski definition) is 1. The Morgan fingerprint density at radius 3 is 2.85 bits per heavy atom. The molecule has 70 valence electrons. The Bertz CT molecular complexity index is 325. The third-order valence-corrected chi connectivity index (χ3v) is 2.46. The van der Waals surface area contributed by atoms with E-state index < -0.39 is 5.97 Å². The molecule has 4 heteroatoms. The first-order valence-corrected chi connectivity index (χ1v) is 5.08. The van der Waals surface area contributed by atoms with Crippen molar-refractivity contribution in [2.45, 2.75) is 18.7 Å². The predicted molar refractivity (Wildman–Crippen MR) is 53.2 cm³/mol. The van der Waals surface area contributed by atoms with E-state index in [1.807, 2.05) is 13.0 Å². The normalized spacial score (nSPS) is 10.0. The molecule has 1 N–H and O–H groups in total. The number of alkyl halides is 1. The molecule has 1 aromatic rings. The van der Waals surface area contributed by atoms with Crippen LogP contribution in [0.1, 0.15) is 28.5 Å². The number of carboxylic acids is 1. The quantitative estimate of drug-likeness (QED) is 0.829. The van der Waals surface area contributed by atoms with Gasteiger partial charge in [0.05, 0.1) is 0 Å². The number of carbonyl (C=O) groups is 1. The summed E-state index contributed by atoms with van der Waals surface area (Å²) in [7, 11) is 0. The van der Waals surface area contributed by atoms with Crippen molar-refractivity contribution in [1.82, 2.24) is 4.98 Å². The average molecular weight is 244 g/mol. The van der Waals surface area contributed by atoms with E-state index in [1.165, 1.54) is 6.20 Å². The van der Waals surface area contributed by atoms with E-state index >= 15 is 0 Å². The number of hydrogen-bond acceptors (Lipinski definition) is 2. The molecular weight excluding hydrogens is 234 g/mol. The maximum Gasteiger partial charge on any atom is 0.354 e. The van der Waals surface area contributed by atoms with Gasteiger partial charge >= 0.3 is 5.97 Å². The van der Waals surface area contributed by atoms with Crippen molar-refractivity contribution < 1.29 is 9.90 Å². The van der Waals surface area contributed by atoms with Crippen LogP contribution in [0.25, 0.3) is 0 Å². The van der Waals surface area contributed by atoms with Gasteiger partial charge in [-0.05, 0) is 23.6 Å². The number of rotatable bonds is 3. The van der Waals surface area contributed by atoms with E-state index in [0.717, 1.165) is 11.1 Å². The Hall–Kier alpha value is -0.900. The number of carboxylic acid groups (broad SMARTS) is 1. The Morgan fingerprint density at radius 2 is 2.38 bits per heavy atom. The van der Waals surface area contributed by atoms with Crippen LogP contribution >= 0.6 is 15.9 Å². The van der Waals surface area contributed by atoms with Gasteiger partial charge in [-0.2, -0.15) is 0 Å². The molecule has 0 amide bonds. The van der Waals surface area contributed by atoms with Gasteiger partial charge in [-0.3, -0.25) is 0 Å². The lowest BCUT2D eigenvalue weighted by Crippen LogP contribution is -2.07. The molecule has 0 unspecified atom stereocenters. The van der Waals surface area contributed by atoms with E-state index in [1.54, 1.807) is 0 Å². The minimum Gasteiger partial charge on any atom is -0.477 e. The molecule has 1 rings (SSSR count). The van der Waals surface area contributed by atoms with Crippen LogP contribution in [-0.2, 0) is 11.8 Å². The summed E-state index contributed by atoms with van der Waals surface area (Å²) in [5, 5.41) is 9.50. The fraction of sp³-hybridized carbons (Fsp3) is 0.333. The van der Waals surface area contributed by atoms with E-state index in [2.05, 4.69) is 20.9 Å². The lowest BCUT2D eigenvalue weighted by atomic mass is 10.1. The Balaban J connectivity index is 3.27. The zero-order valence-corrected chi connectivity index (χ0v) is 8.84. The molecule has 3 nitrogen and oxygen atoms in total. The van der Waals surface area contributed by atoms with Crippen molar-refractivity contribution in [1.29, 1.82) is 0 Å². The molecule has 1 aromatic heterocycles. The van der Waals surface area contributed by atoms with Gasteiger partial charge in [-0.1, -0.05) is 22.9 Å². The zero-order valence-electron chi connectivity index (χ0n) is 7.25. The van der Waals surface area contributed by atoms with Gasteiger partial charge in [-0.25, -0.2) is 9.78 Å². The van der Waals surface area contributed by atoms with Crippen molar-refractivity contribution >= 4 is 21.9 Å². The summed E-state index contributed by atoms with van der Waals surface area (Å²) in [5.74, 6) is -0.959. The highest BCUT2D eigenvalue weighted by atomic mass is 79.9. The molecule has 0 radical (unpaired) electrons. The van der Waals surface area contributed by atoms with Crippen molar-refractivity contribution in [3.63, 3.8) is 0 Å². The number of pyridine rings is 1. The molecule has 0 aliphatic carbocycles. The smallest absolute Gasteiger partial charge is 0.354 e. The van der Waals surface area contributed by atoms with E-state index in [-0.39, 0.29) is 5.69 Å². The van der Waals surface area contributed by atoms with Crippen LogP contribution in [-0.4, -0.2) is 16.1 Å². The SMILES string of the molecule is CCc1c(CBr)ccnc1C(=O)O. The summed E-state index contributed by atoms with van der Waals surface area (Å²) in [4.78, 5) is 14.6. The zero-order chi connectivity index (χ0) is 9.84. The van der Waals surface area contributed by atoms with Crippen LogP contribution < -0.4 is 0 Å². The number of aromatic carboxylic acids is 1. The lowest BCUT2D eigenvalue weighted by Gasteiger charge is -2.06. The van der Waals surface area contributed by atoms with Crippen molar-refractivity contribution in [2.24, 2.45) is 0 Å². The maximum atomic E-state index is 10.8. The van der Waals surface area contributed by atoms with Gasteiger partial charge in [0, 0.05) is 11.5 Å². The minimum absolute atomic E-state index is 0.166. The predicted octanol–water partition coefficient (Wildman–Crippen LogP) is 2.24. The molecule has 0 aliphatic rings. The minimum atomic E-state index is -0.959. The van der Waals surface area contributed by atoms with E-state index in [4.69, 9.17) is 5.11 Å². The van der Waals surface area contributed by atoms with Crippen LogP contribution in [0.5, 0.6) is 0 Å². The highest BCUT2D eigenvalue weighted by Gasteiger charge is 2.12. The average Bonchev–Trinajstić information content (AvgIpc) is 2.16. The Labute approximate surface area is 84.9 Å². The van der Waals surface area contributed by atoms with E-state index in [9.17, 15) is 4.79 Å². The summed E-state index contributed by atoms with van der Waals surface area (Å²) >= 11 is 3.31. The van der Waals surface area contributed by atoms with Gasteiger partial charge < -0.3 is 5.11 Å². The summed E-state index contributed by atoms with van der Waals surface area (Å²) in [6, 6.07) is 1.83. The van der Waals surface area contributed by atoms with Gasteiger partial charge in [-0.15, -0.1) is 0 Å². The summed E-state index contributed by atoms with van der Waals surface area (Å²) in [6.07, 6.45) is 2.22. The van der Waals surface area contributed by atoms with Gasteiger partial charge in [0.15, 0.2) is 5.69 Å². The fourth-order valence-electron chi connectivity index (χ4n) is 1.24. The highest BCUT2D eigenvalue weighted by molar-refractivity contribution is 9.08. The molecular formula is C9H10BrNO2. The molecule has 0 aromatic carbocycles. The summed E-state index contributed by atoms with van der Waals surface area (Å²) in [6.45, 7) is 1.93.